The molecule has 0 spiro atoms. The van der Waals surface area contributed by atoms with Crippen molar-refractivity contribution in [3.8, 4) is 5.75 Å². The number of hydrogen-bond acceptors (Lipinski definition) is 4. The van der Waals surface area contributed by atoms with Gasteiger partial charge in [-0.05, 0) is 49.4 Å². The lowest BCUT2D eigenvalue weighted by Gasteiger charge is -2.15. The Morgan fingerprint density at radius 3 is 2.25 bits per heavy atom. The molecule has 4 nitrogen and oxygen atoms in total. The summed E-state index contributed by atoms with van der Waals surface area (Å²) in [4.78, 5) is 25.1. The molecular weight excluding hydrogens is 376 g/mol. The molecule has 0 fully saturated rings. The van der Waals surface area contributed by atoms with E-state index in [0.29, 0.717) is 27.5 Å². The normalized spacial score (nSPS) is 11.5. The van der Waals surface area contributed by atoms with Crippen molar-refractivity contribution in [1.82, 2.24) is 0 Å². The lowest BCUT2D eigenvalue weighted by atomic mass is 10.1. The van der Waals surface area contributed by atoms with Gasteiger partial charge in [0, 0.05) is 16.1 Å². The highest BCUT2D eigenvalue weighted by Gasteiger charge is 2.22. The van der Waals surface area contributed by atoms with E-state index in [4.69, 9.17) is 21.1 Å². The summed E-state index contributed by atoms with van der Waals surface area (Å²) in [5.41, 5.74) is 1.49. The Kier molecular flexibility index (Phi) is 6.45. The number of hydrogen-bond donors (Lipinski definition) is 0. The third kappa shape index (κ3) is 4.99. The topological polar surface area (TPSA) is 52.6 Å². The van der Waals surface area contributed by atoms with Gasteiger partial charge in [0.2, 0.25) is 5.78 Å². The lowest BCUT2D eigenvalue weighted by Crippen LogP contribution is -2.25. The molecule has 0 unspecified atom stereocenters. The zero-order valence-electron chi connectivity index (χ0n) is 15.3. The van der Waals surface area contributed by atoms with Crippen molar-refractivity contribution in [3.05, 3.63) is 101 Å². The number of rotatable bonds is 7. The van der Waals surface area contributed by atoms with E-state index in [1.165, 1.54) is 0 Å². The van der Waals surface area contributed by atoms with Crippen LogP contribution in [0, 0.1) is 0 Å². The van der Waals surface area contributed by atoms with Crippen LogP contribution >= 0.6 is 11.6 Å². The Morgan fingerprint density at radius 1 is 0.893 bits per heavy atom. The van der Waals surface area contributed by atoms with Crippen LogP contribution in [0.5, 0.6) is 5.75 Å². The first-order valence-corrected chi connectivity index (χ1v) is 9.19. The molecule has 3 rings (SSSR count). The Bertz CT molecular complexity index is 952. The van der Waals surface area contributed by atoms with Gasteiger partial charge in [-0.25, -0.2) is 4.79 Å². The van der Waals surface area contributed by atoms with Gasteiger partial charge in [-0.2, -0.15) is 0 Å². The molecule has 28 heavy (non-hydrogen) atoms. The molecule has 0 aliphatic carbocycles. The SMILES string of the molecule is C[C@@H](OC(=O)c1ccccc1COc1ccccc1)C(=O)c1ccc(Cl)cc1. The number of Topliss-reactive ketones (excluding diaryl/α,β-unsaturated/α-hetero) is 1. The second kappa shape index (κ2) is 9.20. The molecule has 0 N–H and O–H groups in total. The summed E-state index contributed by atoms with van der Waals surface area (Å²) in [6.45, 7) is 1.77. The number of ether oxygens (including phenoxy) is 2. The summed E-state index contributed by atoms with van der Waals surface area (Å²) in [6.07, 6.45) is -0.920. The summed E-state index contributed by atoms with van der Waals surface area (Å²) in [5, 5.41) is 0.536. The minimum atomic E-state index is -0.920. The van der Waals surface area contributed by atoms with Crippen LogP contribution in [0.3, 0.4) is 0 Å². The maximum atomic E-state index is 12.6. The van der Waals surface area contributed by atoms with Crippen LogP contribution < -0.4 is 4.74 Å². The summed E-state index contributed by atoms with van der Waals surface area (Å²) < 4.78 is 11.1. The second-order valence-corrected chi connectivity index (χ2v) is 6.61. The molecule has 3 aromatic carbocycles. The van der Waals surface area contributed by atoms with Crippen molar-refractivity contribution in [2.75, 3.05) is 0 Å². The fourth-order valence-electron chi connectivity index (χ4n) is 2.65. The summed E-state index contributed by atoms with van der Waals surface area (Å²) >= 11 is 5.84. The highest BCUT2D eigenvalue weighted by Crippen LogP contribution is 2.17. The fraction of sp³-hybridized carbons (Fsp3) is 0.130. The van der Waals surface area contributed by atoms with E-state index in [-0.39, 0.29) is 12.4 Å². The number of benzene rings is 3. The number of carbonyl (C=O) groups is 2. The average molecular weight is 395 g/mol. The number of carbonyl (C=O) groups excluding carboxylic acids is 2. The molecular formula is C23H19ClO4. The van der Waals surface area contributed by atoms with E-state index in [1.54, 1.807) is 49.4 Å². The molecule has 0 saturated heterocycles. The van der Waals surface area contributed by atoms with Crippen LogP contribution in [0.2, 0.25) is 5.02 Å². The fourth-order valence-corrected chi connectivity index (χ4v) is 2.78. The predicted octanol–water partition coefficient (Wildman–Crippen LogP) is 5.35. The minimum absolute atomic E-state index is 0.217. The maximum Gasteiger partial charge on any atom is 0.339 e. The Balaban J connectivity index is 1.68. The van der Waals surface area contributed by atoms with Crippen LogP contribution in [0.15, 0.2) is 78.9 Å². The summed E-state index contributed by atoms with van der Waals surface area (Å²) in [7, 11) is 0. The Hall–Kier alpha value is -3.11. The van der Waals surface area contributed by atoms with Crippen LogP contribution in [-0.2, 0) is 11.3 Å². The third-order valence-corrected chi connectivity index (χ3v) is 4.41. The predicted molar refractivity (Wildman–Crippen MR) is 108 cm³/mol. The first-order chi connectivity index (χ1) is 13.5. The van der Waals surface area contributed by atoms with Crippen LogP contribution in [-0.4, -0.2) is 17.9 Å². The van der Waals surface area contributed by atoms with Gasteiger partial charge in [0.1, 0.15) is 12.4 Å². The Morgan fingerprint density at radius 2 is 1.54 bits per heavy atom. The summed E-state index contributed by atoms with van der Waals surface area (Å²) in [6, 6.07) is 22.8. The standard InChI is InChI=1S/C23H19ClO4/c1-16(22(25)17-11-13-19(24)14-12-17)28-23(26)21-10-6-5-7-18(21)15-27-20-8-3-2-4-9-20/h2-14,16H,15H2,1H3/t16-/m1/s1. The molecule has 0 bridgehead atoms. The Labute approximate surface area is 168 Å². The molecule has 0 aromatic heterocycles. The number of esters is 1. The van der Waals surface area contributed by atoms with Crippen LogP contribution in [0.25, 0.3) is 0 Å². The van der Waals surface area contributed by atoms with Gasteiger partial charge in [-0.1, -0.05) is 48.0 Å². The van der Waals surface area contributed by atoms with Gasteiger partial charge in [-0.3, -0.25) is 4.79 Å². The molecule has 5 heteroatoms. The molecule has 0 aliphatic heterocycles. The first kappa shape index (κ1) is 19.6. The highest BCUT2D eigenvalue weighted by atomic mass is 35.5. The zero-order valence-corrected chi connectivity index (χ0v) is 16.1. The number of para-hydroxylation sites is 1. The maximum absolute atomic E-state index is 12.6. The first-order valence-electron chi connectivity index (χ1n) is 8.81. The lowest BCUT2D eigenvalue weighted by molar-refractivity contribution is 0.0316. The number of ketones is 1. The van der Waals surface area contributed by atoms with Gasteiger partial charge in [-0.15, -0.1) is 0 Å². The van der Waals surface area contributed by atoms with E-state index >= 15 is 0 Å². The molecule has 0 amide bonds. The second-order valence-electron chi connectivity index (χ2n) is 6.18. The van der Waals surface area contributed by atoms with Crippen LogP contribution in [0.1, 0.15) is 33.2 Å². The highest BCUT2D eigenvalue weighted by molar-refractivity contribution is 6.30. The van der Waals surface area contributed by atoms with Crippen molar-refractivity contribution < 1.29 is 19.1 Å². The third-order valence-electron chi connectivity index (χ3n) is 4.16. The van der Waals surface area contributed by atoms with Crippen molar-refractivity contribution in [2.45, 2.75) is 19.6 Å². The van der Waals surface area contributed by atoms with Crippen molar-refractivity contribution in [3.63, 3.8) is 0 Å². The van der Waals surface area contributed by atoms with E-state index in [1.807, 2.05) is 36.4 Å². The molecule has 0 radical (unpaired) electrons. The van der Waals surface area contributed by atoms with Gasteiger partial charge in [0.05, 0.1) is 5.56 Å². The molecule has 3 aromatic rings. The zero-order chi connectivity index (χ0) is 19.9. The van der Waals surface area contributed by atoms with Gasteiger partial charge in [0.25, 0.3) is 0 Å². The smallest absolute Gasteiger partial charge is 0.339 e. The largest absolute Gasteiger partial charge is 0.489 e. The molecule has 0 aliphatic rings. The molecule has 0 heterocycles. The summed E-state index contributed by atoms with van der Waals surface area (Å²) in [5.74, 6) is -0.151. The van der Waals surface area contributed by atoms with E-state index in [0.717, 1.165) is 0 Å². The van der Waals surface area contributed by atoms with Gasteiger partial charge < -0.3 is 9.47 Å². The van der Waals surface area contributed by atoms with E-state index in [9.17, 15) is 9.59 Å². The van der Waals surface area contributed by atoms with E-state index < -0.39 is 12.1 Å². The molecule has 0 saturated carbocycles. The molecule has 142 valence electrons. The monoisotopic (exact) mass is 394 g/mol. The van der Waals surface area contributed by atoms with E-state index in [2.05, 4.69) is 0 Å². The molecule has 1 atom stereocenters. The van der Waals surface area contributed by atoms with Crippen LogP contribution in [0.4, 0.5) is 0 Å². The quantitative estimate of drug-likeness (QED) is 0.400. The van der Waals surface area contributed by atoms with Gasteiger partial charge >= 0.3 is 5.97 Å². The van der Waals surface area contributed by atoms with Crippen molar-refractivity contribution in [2.24, 2.45) is 0 Å². The number of halogens is 1. The van der Waals surface area contributed by atoms with Crippen molar-refractivity contribution in [1.29, 1.82) is 0 Å². The van der Waals surface area contributed by atoms with Crippen molar-refractivity contribution >= 4 is 23.4 Å². The van der Waals surface area contributed by atoms with Gasteiger partial charge in [0.15, 0.2) is 6.10 Å². The average Bonchev–Trinajstić information content (AvgIpc) is 2.73. The minimum Gasteiger partial charge on any atom is -0.489 e.